The lowest BCUT2D eigenvalue weighted by Gasteiger charge is -2.29. The molecule has 4 heterocycles. The Hall–Kier alpha value is -3.40. The predicted octanol–water partition coefficient (Wildman–Crippen LogP) is 6.62. The molecule has 6 rings (SSSR count). The molecule has 36 heavy (non-hydrogen) atoms. The minimum Gasteiger partial charge on any atom is -0.346 e. The number of imidazole rings is 1. The Labute approximate surface area is 208 Å². The van der Waals surface area contributed by atoms with Gasteiger partial charge in [0.1, 0.15) is 10.7 Å². The van der Waals surface area contributed by atoms with Crippen molar-refractivity contribution in [2.24, 2.45) is 5.92 Å². The molecule has 0 bridgehead atoms. The largest absolute Gasteiger partial charge is 0.416 e. The normalized spacial score (nSPS) is 18.9. The number of alkyl halides is 3. The molecule has 0 unspecified atom stereocenters. The van der Waals surface area contributed by atoms with E-state index in [9.17, 15) is 18.0 Å². The van der Waals surface area contributed by atoms with E-state index in [1.807, 2.05) is 22.2 Å². The van der Waals surface area contributed by atoms with Crippen molar-refractivity contribution in [2.45, 2.75) is 51.4 Å². The Morgan fingerprint density at radius 3 is 2.67 bits per heavy atom. The highest BCUT2D eigenvalue weighted by atomic mass is 32.1. The molecule has 1 N–H and O–H groups in total. The molecular weight excluding hydrogens is 487 g/mol. The zero-order valence-electron chi connectivity index (χ0n) is 19.5. The summed E-state index contributed by atoms with van der Waals surface area (Å²) < 4.78 is 42.4. The monoisotopic (exact) mass is 511 g/mol. The molecular formula is C26H24F3N5OS. The number of aromatic amines is 1. The molecule has 1 aliphatic carbocycles. The average Bonchev–Trinajstić information content (AvgIpc) is 3.58. The molecule has 0 amide bonds. The summed E-state index contributed by atoms with van der Waals surface area (Å²) in [6.07, 6.45) is 3.52. The van der Waals surface area contributed by atoms with E-state index in [1.165, 1.54) is 29.9 Å². The summed E-state index contributed by atoms with van der Waals surface area (Å²) in [5.74, 6) is 0.392. The van der Waals surface area contributed by atoms with E-state index in [4.69, 9.17) is 0 Å². The molecule has 186 valence electrons. The van der Waals surface area contributed by atoms with Crippen molar-refractivity contribution < 1.29 is 13.2 Å². The van der Waals surface area contributed by atoms with Crippen molar-refractivity contribution in [3.8, 4) is 10.6 Å². The number of H-pyrrole nitrogens is 1. The Morgan fingerprint density at radius 1 is 1.14 bits per heavy atom. The van der Waals surface area contributed by atoms with Crippen LogP contribution in [-0.2, 0) is 12.7 Å². The zero-order chi connectivity index (χ0) is 25.0. The molecule has 0 radical (unpaired) electrons. The number of nitrogens with one attached hydrogen (secondary N) is 1. The van der Waals surface area contributed by atoms with Gasteiger partial charge in [-0.1, -0.05) is 31.9 Å². The highest BCUT2D eigenvalue weighted by Crippen LogP contribution is 2.37. The van der Waals surface area contributed by atoms with Gasteiger partial charge in [-0.15, -0.1) is 11.3 Å². The number of thiazole rings is 1. The molecule has 0 spiro atoms. The van der Waals surface area contributed by atoms with Gasteiger partial charge in [-0.05, 0) is 37.0 Å². The topological polar surface area (TPSA) is 68.5 Å². The highest BCUT2D eigenvalue weighted by molar-refractivity contribution is 7.13. The van der Waals surface area contributed by atoms with Crippen LogP contribution in [0.1, 0.15) is 49.9 Å². The molecule has 1 saturated carbocycles. The number of rotatable bonds is 4. The second kappa shape index (κ2) is 8.62. The van der Waals surface area contributed by atoms with Crippen LogP contribution in [-0.4, -0.2) is 24.1 Å². The maximum Gasteiger partial charge on any atom is 0.416 e. The minimum absolute atomic E-state index is 0.0802. The van der Waals surface area contributed by atoms with Crippen molar-refractivity contribution in [3.63, 3.8) is 0 Å². The van der Waals surface area contributed by atoms with Gasteiger partial charge in [-0.25, -0.2) is 14.8 Å². The second-order valence-electron chi connectivity index (χ2n) is 9.52. The summed E-state index contributed by atoms with van der Waals surface area (Å²) in [4.78, 5) is 26.2. The number of pyridine rings is 1. The maximum atomic E-state index is 13.9. The van der Waals surface area contributed by atoms with Crippen LogP contribution < -0.4 is 5.69 Å². The maximum absolute atomic E-state index is 13.9. The molecule has 1 aromatic carbocycles. The number of nitrogens with zero attached hydrogens (tertiary/aromatic N) is 4. The summed E-state index contributed by atoms with van der Waals surface area (Å²) in [5, 5.41) is 3.39. The highest BCUT2D eigenvalue weighted by Gasteiger charge is 2.31. The number of fused-ring (bicyclic) bond motifs is 3. The van der Waals surface area contributed by atoms with Crippen molar-refractivity contribution in [1.82, 2.24) is 24.1 Å². The average molecular weight is 512 g/mol. The predicted molar refractivity (Wildman–Crippen MR) is 134 cm³/mol. The van der Waals surface area contributed by atoms with Gasteiger partial charge < -0.3 is 4.98 Å². The SMILES string of the molecule is C[C@@H]1CCCC[C@@H]1n1c(=O)n(Cc2csc(-c3ccc(C(F)(F)F)cc3)n2)c2cnc3[nH]ccc3c21. The van der Waals surface area contributed by atoms with Gasteiger partial charge in [0.05, 0.1) is 35.0 Å². The Kier molecular flexibility index (Phi) is 5.51. The van der Waals surface area contributed by atoms with Crippen LogP contribution in [0.2, 0.25) is 0 Å². The Bertz CT molecular complexity index is 1610. The third-order valence-corrected chi connectivity index (χ3v) is 8.18. The van der Waals surface area contributed by atoms with E-state index in [0.717, 1.165) is 53.5 Å². The van der Waals surface area contributed by atoms with E-state index in [0.29, 0.717) is 22.2 Å². The van der Waals surface area contributed by atoms with Gasteiger partial charge in [-0.3, -0.25) is 9.13 Å². The van der Waals surface area contributed by atoms with E-state index in [2.05, 4.69) is 21.9 Å². The smallest absolute Gasteiger partial charge is 0.346 e. The van der Waals surface area contributed by atoms with Crippen molar-refractivity contribution in [2.75, 3.05) is 0 Å². The van der Waals surface area contributed by atoms with Gasteiger partial charge in [0.25, 0.3) is 0 Å². The molecule has 5 aromatic rings. The van der Waals surface area contributed by atoms with Gasteiger partial charge in [0, 0.05) is 28.6 Å². The summed E-state index contributed by atoms with van der Waals surface area (Å²) in [6, 6.07) is 7.07. The van der Waals surface area contributed by atoms with Crippen molar-refractivity contribution in [1.29, 1.82) is 0 Å². The van der Waals surface area contributed by atoms with Crippen molar-refractivity contribution >= 4 is 33.4 Å². The number of hydrogen-bond acceptors (Lipinski definition) is 4. The molecule has 0 aliphatic heterocycles. The Morgan fingerprint density at radius 2 is 1.92 bits per heavy atom. The third kappa shape index (κ3) is 3.84. The van der Waals surface area contributed by atoms with Crippen LogP contribution in [0.4, 0.5) is 13.2 Å². The van der Waals surface area contributed by atoms with E-state index in [-0.39, 0.29) is 18.3 Å². The lowest BCUT2D eigenvalue weighted by atomic mass is 9.85. The minimum atomic E-state index is -4.38. The fourth-order valence-corrected chi connectivity index (χ4v) is 6.20. The number of halogens is 3. The van der Waals surface area contributed by atoms with Crippen LogP contribution >= 0.6 is 11.3 Å². The quantitative estimate of drug-likeness (QED) is 0.295. The molecule has 1 fully saturated rings. The summed E-state index contributed by atoms with van der Waals surface area (Å²) in [5.41, 5.74) is 2.92. The van der Waals surface area contributed by atoms with E-state index in [1.54, 1.807) is 10.8 Å². The van der Waals surface area contributed by atoms with Crippen LogP contribution in [0.15, 0.2) is 52.9 Å². The third-order valence-electron chi connectivity index (χ3n) is 7.24. The summed E-state index contributed by atoms with van der Waals surface area (Å²) >= 11 is 1.35. The summed E-state index contributed by atoms with van der Waals surface area (Å²) in [6.45, 7) is 2.48. The van der Waals surface area contributed by atoms with Crippen LogP contribution in [0, 0.1) is 5.92 Å². The first-order valence-electron chi connectivity index (χ1n) is 12.0. The molecule has 6 nitrogen and oxygen atoms in total. The van der Waals surface area contributed by atoms with Crippen LogP contribution in [0.5, 0.6) is 0 Å². The first-order chi connectivity index (χ1) is 17.3. The number of benzene rings is 1. The molecule has 2 atom stereocenters. The standard InChI is InChI=1S/C26H24F3N5OS/c1-15-4-2-3-5-20(15)34-22-19-10-11-30-23(19)31-12-21(22)33(25(34)35)13-18-14-36-24(32-18)16-6-8-17(9-7-16)26(27,28)29/h6-12,14-15,20H,2-5,13H2,1H3,(H,30,31)/t15-,20+/m1/s1. The van der Waals surface area contributed by atoms with Gasteiger partial charge >= 0.3 is 11.9 Å². The van der Waals surface area contributed by atoms with Crippen LogP contribution in [0.3, 0.4) is 0 Å². The van der Waals surface area contributed by atoms with E-state index >= 15 is 0 Å². The molecule has 1 aliphatic rings. The lowest BCUT2D eigenvalue weighted by molar-refractivity contribution is -0.137. The Balaban J connectivity index is 1.41. The zero-order valence-corrected chi connectivity index (χ0v) is 20.4. The fourth-order valence-electron chi connectivity index (χ4n) is 5.38. The molecule has 10 heteroatoms. The summed E-state index contributed by atoms with van der Waals surface area (Å²) in [7, 11) is 0. The van der Waals surface area contributed by atoms with Gasteiger partial charge in [-0.2, -0.15) is 13.2 Å². The van der Waals surface area contributed by atoms with E-state index < -0.39 is 11.7 Å². The number of hydrogen-bond donors (Lipinski definition) is 1. The molecule has 0 saturated heterocycles. The van der Waals surface area contributed by atoms with Crippen LogP contribution in [0.25, 0.3) is 32.6 Å². The van der Waals surface area contributed by atoms with Gasteiger partial charge in [0.15, 0.2) is 0 Å². The van der Waals surface area contributed by atoms with Crippen molar-refractivity contribution in [3.05, 3.63) is 69.8 Å². The number of aromatic nitrogens is 5. The second-order valence-corrected chi connectivity index (χ2v) is 10.4. The fraction of sp³-hybridized carbons (Fsp3) is 0.346. The molecule has 4 aromatic heterocycles. The first kappa shape index (κ1) is 23.0. The first-order valence-corrected chi connectivity index (χ1v) is 12.9. The van der Waals surface area contributed by atoms with Gasteiger partial charge in [0.2, 0.25) is 0 Å². The lowest BCUT2D eigenvalue weighted by Crippen LogP contribution is -2.32.